The Balaban J connectivity index is 1.56. The minimum atomic E-state index is -0.173. The SMILES string of the molecule is O=C(OC[C@@H]1CCC[NH+]2CCCC[C@@H]12)c1ccccc1. The number of ether oxygens (including phenoxy) is 1. The summed E-state index contributed by atoms with van der Waals surface area (Å²) in [5.74, 6) is 0.389. The van der Waals surface area contributed by atoms with Crippen LogP contribution in [0.4, 0.5) is 0 Å². The van der Waals surface area contributed by atoms with Gasteiger partial charge in [-0.05, 0) is 44.2 Å². The van der Waals surface area contributed by atoms with E-state index in [1.807, 2.05) is 30.3 Å². The Morgan fingerprint density at radius 3 is 2.75 bits per heavy atom. The number of piperidine rings is 2. The van der Waals surface area contributed by atoms with E-state index in [4.69, 9.17) is 4.74 Å². The third-order valence-corrected chi connectivity index (χ3v) is 4.87. The number of hydrogen-bond donors (Lipinski definition) is 1. The van der Waals surface area contributed by atoms with Crippen LogP contribution in [0, 0.1) is 5.92 Å². The van der Waals surface area contributed by atoms with E-state index in [0.29, 0.717) is 18.1 Å². The number of benzene rings is 1. The molecule has 1 aromatic carbocycles. The van der Waals surface area contributed by atoms with Gasteiger partial charge in [-0.1, -0.05) is 18.2 Å². The molecule has 0 aliphatic carbocycles. The normalized spacial score (nSPS) is 29.5. The van der Waals surface area contributed by atoms with E-state index in [1.165, 1.54) is 45.2 Å². The lowest BCUT2D eigenvalue weighted by Crippen LogP contribution is -3.18. The molecule has 0 amide bonds. The molecular weight excluding hydrogens is 250 g/mol. The van der Waals surface area contributed by atoms with Crippen molar-refractivity contribution in [3.63, 3.8) is 0 Å². The van der Waals surface area contributed by atoms with Gasteiger partial charge in [0, 0.05) is 5.92 Å². The monoisotopic (exact) mass is 274 g/mol. The molecule has 0 radical (unpaired) electrons. The maximum absolute atomic E-state index is 12.0. The van der Waals surface area contributed by atoms with Crippen molar-refractivity contribution in [3.05, 3.63) is 35.9 Å². The van der Waals surface area contributed by atoms with Crippen molar-refractivity contribution in [2.24, 2.45) is 5.92 Å². The summed E-state index contributed by atoms with van der Waals surface area (Å²) >= 11 is 0. The summed E-state index contributed by atoms with van der Waals surface area (Å²) in [6, 6.07) is 10.0. The first-order valence-electron chi connectivity index (χ1n) is 7.91. The number of fused-ring (bicyclic) bond motifs is 1. The fraction of sp³-hybridized carbons (Fsp3) is 0.588. The van der Waals surface area contributed by atoms with Crippen molar-refractivity contribution in [3.8, 4) is 0 Å². The van der Waals surface area contributed by atoms with Gasteiger partial charge in [0.1, 0.15) is 6.61 Å². The molecule has 1 aromatic rings. The average Bonchev–Trinajstić information content (AvgIpc) is 2.53. The van der Waals surface area contributed by atoms with E-state index >= 15 is 0 Å². The molecule has 108 valence electrons. The van der Waals surface area contributed by atoms with Gasteiger partial charge in [-0.25, -0.2) is 4.79 Å². The Bertz CT molecular complexity index is 444. The molecule has 3 rings (SSSR count). The van der Waals surface area contributed by atoms with Gasteiger partial charge >= 0.3 is 5.97 Å². The van der Waals surface area contributed by atoms with Gasteiger partial charge in [-0.15, -0.1) is 0 Å². The zero-order valence-corrected chi connectivity index (χ0v) is 12.0. The Morgan fingerprint density at radius 2 is 1.90 bits per heavy atom. The molecule has 20 heavy (non-hydrogen) atoms. The second-order valence-corrected chi connectivity index (χ2v) is 6.13. The van der Waals surface area contributed by atoms with E-state index in [1.54, 1.807) is 4.90 Å². The summed E-state index contributed by atoms with van der Waals surface area (Å²) in [6.07, 6.45) is 6.51. The molecule has 2 heterocycles. The molecule has 0 spiro atoms. The zero-order valence-electron chi connectivity index (χ0n) is 12.0. The van der Waals surface area contributed by atoms with Crippen LogP contribution in [-0.4, -0.2) is 31.7 Å². The third-order valence-electron chi connectivity index (χ3n) is 4.87. The third kappa shape index (κ3) is 3.04. The van der Waals surface area contributed by atoms with Crippen LogP contribution >= 0.6 is 0 Å². The first-order valence-corrected chi connectivity index (χ1v) is 7.91. The van der Waals surface area contributed by atoms with Gasteiger partial charge in [0.15, 0.2) is 0 Å². The van der Waals surface area contributed by atoms with E-state index in [-0.39, 0.29) is 5.97 Å². The van der Waals surface area contributed by atoms with Crippen LogP contribution < -0.4 is 4.90 Å². The average molecular weight is 274 g/mol. The van der Waals surface area contributed by atoms with E-state index in [0.717, 1.165) is 6.04 Å². The molecule has 2 aliphatic rings. The molecule has 2 saturated heterocycles. The van der Waals surface area contributed by atoms with E-state index < -0.39 is 0 Å². The van der Waals surface area contributed by atoms with Crippen molar-refractivity contribution in [2.45, 2.75) is 38.1 Å². The van der Waals surface area contributed by atoms with Crippen LogP contribution in [0.25, 0.3) is 0 Å². The molecule has 3 heteroatoms. The van der Waals surface area contributed by atoms with Crippen molar-refractivity contribution >= 4 is 5.97 Å². The highest BCUT2D eigenvalue weighted by Gasteiger charge is 2.37. The molecule has 0 aromatic heterocycles. The van der Waals surface area contributed by atoms with Gasteiger partial charge in [-0.3, -0.25) is 0 Å². The smallest absolute Gasteiger partial charge is 0.338 e. The highest BCUT2D eigenvalue weighted by molar-refractivity contribution is 5.89. The van der Waals surface area contributed by atoms with E-state index in [2.05, 4.69) is 0 Å². The molecule has 2 aliphatic heterocycles. The molecule has 3 atom stereocenters. The summed E-state index contributed by atoms with van der Waals surface area (Å²) in [5, 5.41) is 0. The highest BCUT2D eigenvalue weighted by atomic mass is 16.5. The summed E-state index contributed by atoms with van der Waals surface area (Å²) in [5.41, 5.74) is 0.663. The van der Waals surface area contributed by atoms with Gasteiger partial charge < -0.3 is 9.64 Å². The quantitative estimate of drug-likeness (QED) is 0.850. The molecule has 1 unspecified atom stereocenters. The number of nitrogens with one attached hydrogen (secondary N) is 1. The lowest BCUT2D eigenvalue weighted by Gasteiger charge is -2.40. The number of hydrogen-bond acceptors (Lipinski definition) is 2. The number of carbonyl (C=O) groups is 1. The van der Waals surface area contributed by atoms with Crippen LogP contribution in [0.2, 0.25) is 0 Å². The fourth-order valence-electron chi connectivity index (χ4n) is 3.82. The molecule has 1 N–H and O–H groups in total. The van der Waals surface area contributed by atoms with Gasteiger partial charge in [0.05, 0.1) is 24.7 Å². The summed E-state index contributed by atoms with van der Waals surface area (Å²) in [7, 11) is 0. The number of rotatable bonds is 3. The molecular formula is C17H24NO2+. The molecule has 0 bridgehead atoms. The summed E-state index contributed by atoms with van der Waals surface area (Å²) in [4.78, 5) is 13.8. The van der Waals surface area contributed by atoms with Gasteiger partial charge in [0.25, 0.3) is 0 Å². The van der Waals surface area contributed by atoms with Crippen molar-refractivity contribution < 1.29 is 14.4 Å². The first-order chi connectivity index (χ1) is 9.84. The van der Waals surface area contributed by atoms with Crippen LogP contribution in [-0.2, 0) is 4.74 Å². The van der Waals surface area contributed by atoms with Crippen LogP contribution in [0.5, 0.6) is 0 Å². The van der Waals surface area contributed by atoms with Gasteiger partial charge in [-0.2, -0.15) is 0 Å². The zero-order chi connectivity index (χ0) is 13.8. The predicted octanol–water partition coefficient (Wildman–Crippen LogP) is 1.69. The molecule has 0 saturated carbocycles. The minimum absolute atomic E-state index is 0.173. The van der Waals surface area contributed by atoms with E-state index in [9.17, 15) is 4.79 Å². The lowest BCUT2D eigenvalue weighted by molar-refractivity contribution is -0.940. The van der Waals surface area contributed by atoms with Crippen molar-refractivity contribution in [1.29, 1.82) is 0 Å². The number of quaternary nitrogens is 1. The van der Waals surface area contributed by atoms with Crippen molar-refractivity contribution in [1.82, 2.24) is 0 Å². The largest absolute Gasteiger partial charge is 0.462 e. The second kappa shape index (κ2) is 6.40. The fourth-order valence-corrected chi connectivity index (χ4v) is 3.82. The second-order valence-electron chi connectivity index (χ2n) is 6.13. The number of carbonyl (C=O) groups excluding carboxylic acids is 1. The lowest BCUT2D eigenvalue weighted by atomic mass is 9.84. The Kier molecular flexibility index (Phi) is 4.36. The minimum Gasteiger partial charge on any atom is -0.462 e. The van der Waals surface area contributed by atoms with Crippen molar-refractivity contribution in [2.75, 3.05) is 19.7 Å². The maximum atomic E-state index is 12.0. The topological polar surface area (TPSA) is 30.7 Å². The number of esters is 1. The Hall–Kier alpha value is -1.35. The Labute approximate surface area is 120 Å². The molecule has 3 nitrogen and oxygen atoms in total. The molecule has 2 fully saturated rings. The van der Waals surface area contributed by atoms with Crippen LogP contribution in [0.1, 0.15) is 42.5 Å². The highest BCUT2D eigenvalue weighted by Crippen LogP contribution is 2.21. The first kappa shape index (κ1) is 13.6. The predicted molar refractivity (Wildman–Crippen MR) is 77.8 cm³/mol. The van der Waals surface area contributed by atoms with Crippen LogP contribution in [0.15, 0.2) is 30.3 Å². The maximum Gasteiger partial charge on any atom is 0.338 e. The van der Waals surface area contributed by atoms with Crippen LogP contribution in [0.3, 0.4) is 0 Å². The summed E-state index contributed by atoms with van der Waals surface area (Å²) < 4.78 is 5.56. The standard InChI is InChI=1S/C17H23NO2/c19-17(14-7-2-1-3-8-14)20-13-15-9-6-12-18-11-5-4-10-16(15)18/h1-3,7-8,15-16H,4-6,9-13H2/p+1/t15-,16-/m0/s1. The van der Waals surface area contributed by atoms with Gasteiger partial charge in [0.2, 0.25) is 0 Å². The summed E-state index contributed by atoms with van der Waals surface area (Å²) in [6.45, 7) is 3.23. The Morgan fingerprint density at radius 1 is 1.10 bits per heavy atom.